The van der Waals surface area contributed by atoms with Crippen LogP contribution in [0, 0.1) is 0 Å². The first-order valence-electron chi connectivity index (χ1n) is 2.10. The fourth-order valence-corrected chi connectivity index (χ4v) is 0.329. The molecule has 0 aliphatic heterocycles. The van der Waals surface area contributed by atoms with Crippen molar-refractivity contribution in [3.05, 3.63) is 24.3 Å². The molecule has 0 saturated heterocycles. The molecule has 0 spiro atoms. The lowest BCUT2D eigenvalue weighted by Gasteiger charge is -1.92. The first-order chi connectivity index (χ1) is 3.55. The summed E-state index contributed by atoms with van der Waals surface area (Å²) in [7, 11) is 0. The van der Waals surface area contributed by atoms with Crippen LogP contribution in [0.25, 0.3) is 0 Å². The van der Waals surface area contributed by atoms with E-state index in [-0.39, 0.29) is 5.57 Å². The highest BCUT2D eigenvalue weighted by Gasteiger charge is 2.00. The smallest absolute Gasteiger partial charge is 0.252 e. The van der Waals surface area contributed by atoms with Gasteiger partial charge in [0.1, 0.15) is 0 Å². The van der Waals surface area contributed by atoms with Crippen LogP contribution in [-0.2, 0) is 4.79 Å². The maximum Gasteiger partial charge on any atom is 0.252 e. The molecule has 0 aromatic carbocycles. The van der Waals surface area contributed by atoms with Crippen LogP contribution in [0.5, 0.6) is 0 Å². The van der Waals surface area contributed by atoms with Crippen LogP contribution in [0.4, 0.5) is 0 Å². The third-order valence-electron chi connectivity index (χ3n) is 0.752. The Labute approximate surface area is 53.6 Å². The number of allylic oxidation sites excluding steroid dienone is 2. The number of rotatable bonds is 2. The number of carbonyl (C=O) groups is 1. The Hall–Kier alpha value is -0.560. The quantitative estimate of drug-likeness (QED) is 0.317. The van der Waals surface area contributed by atoms with E-state index in [4.69, 9.17) is 11.6 Å². The molecule has 8 heavy (non-hydrogen) atoms. The van der Waals surface area contributed by atoms with Crippen LogP contribution in [0.2, 0.25) is 0 Å². The topological polar surface area (TPSA) is 17.1 Å². The average Bonchev–Trinajstić information content (AvgIpc) is 1.64. The van der Waals surface area contributed by atoms with Crippen molar-refractivity contribution >= 4 is 16.8 Å². The van der Waals surface area contributed by atoms with Gasteiger partial charge in [-0.2, -0.15) is 0 Å². The minimum atomic E-state index is -0.530. The van der Waals surface area contributed by atoms with E-state index in [1.807, 2.05) is 0 Å². The van der Waals surface area contributed by atoms with Crippen molar-refractivity contribution in [3.8, 4) is 0 Å². The van der Waals surface area contributed by atoms with Crippen molar-refractivity contribution in [1.82, 2.24) is 0 Å². The molecule has 0 heterocycles. The Morgan fingerprint density at radius 1 is 1.50 bits per heavy atom. The Kier molecular flexibility index (Phi) is 2.49. The number of carbonyl (C=O) groups excluding carboxylic acids is 1. The van der Waals surface area contributed by atoms with Crippen LogP contribution in [0.3, 0.4) is 0 Å². The summed E-state index contributed by atoms with van der Waals surface area (Å²) in [5.74, 6) is 0. The van der Waals surface area contributed by atoms with Gasteiger partial charge in [-0.15, -0.1) is 0 Å². The van der Waals surface area contributed by atoms with E-state index in [9.17, 15) is 4.79 Å². The second-order valence-corrected chi connectivity index (χ2v) is 1.88. The minimum Gasteiger partial charge on any atom is -0.276 e. The predicted molar refractivity (Wildman–Crippen MR) is 34.8 cm³/mol. The van der Waals surface area contributed by atoms with Gasteiger partial charge in [0.15, 0.2) is 0 Å². The van der Waals surface area contributed by atoms with Crippen molar-refractivity contribution in [2.45, 2.75) is 6.92 Å². The largest absolute Gasteiger partial charge is 0.276 e. The van der Waals surface area contributed by atoms with E-state index in [1.165, 1.54) is 0 Å². The number of hydrogen-bond donors (Lipinski definition) is 0. The molecule has 0 atom stereocenters. The standard InChI is InChI=1S/C6H7ClO/c1-4(2)5(3)6(7)8/h1,3H2,2H3. The van der Waals surface area contributed by atoms with Crippen LogP contribution in [-0.4, -0.2) is 5.24 Å². The third kappa shape index (κ3) is 1.94. The molecule has 0 fully saturated rings. The van der Waals surface area contributed by atoms with Gasteiger partial charge in [0.2, 0.25) is 0 Å². The summed E-state index contributed by atoms with van der Waals surface area (Å²) in [6, 6.07) is 0. The molecule has 0 bridgehead atoms. The van der Waals surface area contributed by atoms with E-state index in [2.05, 4.69) is 13.2 Å². The molecule has 0 saturated carbocycles. The zero-order chi connectivity index (χ0) is 6.73. The molecule has 0 radical (unpaired) electrons. The van der Waals surface area contributed by atoms with Crippen molar-refractivity contribution in [1.29, 1.82) is 0 Å². The van der Waals surface area contributed by atoms with Gasteiger partial charge in [0.25, 0.3) is 5.24 Å². The van der Waals surface area contributed by atoms with E-state index in [0.717, 1.165) is 0 Å². The van der Waals surface area contributed by atoms with Crippen molar-refractivity contribution in [2.75, 3.05) is 0 Å². The Balaban J connectivity index is 4.05. The first-order valence-corrected chi connectivity index (χ1v) is 2.48. The zero-order valence-electron chi connectivity index (χ0n) is 4.70. The lowest BCUT2D eigenvalue weighted by molar-refractivity contribution is -0.108. The van der Waals surface area contributed by atoms with Crippen molar-refractivity contribution in [3.63, 3.8) is 0 Å². The van der Waals surface area contributed by atoms with E-state index < -0.39 is 5.24 Å². The fraction of sp³-hybridized carbons (Fsp3) is 0.167. The lowest BCUT2D eigenvalue weighted by Crippen LogP contribution is -1.90. The van der Waals surface area contributed by atoms with Gasteiger partial charge in [-0.1, -0.05) is 13.2 Å². The lowest BCUT2D eigenvalue weighted by atomic mass is 10.2. The van der Waals surface area contributed by atoms with Gasteiger partial charge in [-0.05, 0) is 24.1 Å². The van der Waals surface area contributed by atoms with Crippen LogP contribution >= 0.6 is 11.6 Å². The van der Waals surface area contributed by atoms with Gasteiger partial charge < -0.3 is 0 Å². The molecule has 0 aliphatic rings. The summed E-state index contributed by atoms with van der Waals surface area (Å²) >= 11 is 5.02. The Bertz CT molecular complexity index is 131. The molecule has 44 valence electrons. The summed E-state index contributed by atoms with van der Waals surface area (Å²) in [5.41, 5.74) is 0.900. The highest BCUT2D eigenvalue weighted by Crippen LogP contribution is 2.06. The third-order valence-corrected chi connectivity index (χ3v) is 0.981. The Morgan fingerprint density at radius 2 is 1.88 bits per heavy atom. The van der Waals surface area contributed by atoms with Gasteiger partial charge >= 0.3 is 0 Å². The zero-order valence-corrected chi connectivity index (χ0v) is 5.46. The van der Waals surface area contributed by atoms with E-state index >= 15 is 0 Å². The van der Waals surface area contributed by atoms with Crippen molar-refractivity contribution < 1.29 is 4.79 Å². The average molecular weight is 131 g/mol. The molecule has 0 rings (SSSR count). The monoisotopic (exact) mass is 130 g/mol. The van der Waals surface area contributed by atoms with Gasteiger partial charge in [0.05, 0.1) is 0 Å². The summed E-state index contributed by atoms with van der Waals surface area (Å²) in [5, 5.41) is -0.530. The van der Waals surface area contributed by atoms with E-state index in [0.29, 0.717) is 5.57 Å². The maximum atomic E-state index is 10.2. The molecule has 0 aliphatic carbocycles. The first kappa shape index (κ1) is 7.44. The molecule has 0 aromatic heterocycles. The summed E-state index contributed by atoms with van der Waals surface area (Å²) in [6.07, 6.45) is 0. The molecule has 0 N–H and O–H groups in total. The van der Waals surface area contributed by atoms with Crippen molar-refractivity contribution in [2.24, 2.45) is 0 Å². The predicted octanol–water partition coefficient (Wildman–Crippen LogP) is 1.88. The van der Waals surface area contributed by atoms with E-state index in [1.54, 1.807) is 6.92 Å². The molecule has 1 nitrogen and oxygen atoms in total. The number of hydrogen-bond acceptors (Lipinski definition) is 1. The molecule has 0 unspecified atom stereocenters. The van der Waals surface area contributed by atoms with Gasteiger partial charge in [0, 0.05) is 5.57 Å². The summed E-state index contributed by atoms with van der Waals surface area (Å²) in [6.45, 7) is 8.53. The van der Waals surface area contributed by atoms with Crippen LogP contribution in [0.15, 0.2) is 24.3 Å². The molecule has 0 aromatic rings. The van der Waals surface area contributed by atoms with Gasteiger partial charge in [-0.25, -0.2) is 0 Å². The molecular formula is C6H7ClO. The number of halogens is 1. The van der Waals surface area contributed by atoms with Crippen LogP contribution in [0.1, 0.15) is 6.92 Å². The molecule has 2 heteroatoms. The van der Waals surface area contributed by atoms with Crippen LogP contribution < -0.4 is 0 Å². The molecule has 0 amide bonds. The fourth-order valence-electron chi connectivity index (χ4n) is 0.168. The maximum absolute atomic E-state index is 10.2. The highest BCUT2D eigenvalue weighted by molar-refractivity contribution is 6.68. The normalized spacial score (nSPS) is 8.25. The minimum absolute atomic E-state index is 0.284. The summed E-state index contributed by atoms with van der Waals surface area (Å²) < 4.78 is 0. The van der Waals surface area contributed by atoms with Gasteiger partial charge in [-0.3, -0.25) is 4.79 Å². The second kappa shape index (κ2) is 2.68. The Morgan fingerprint density at radius 3 is 1.88 bits per heavy atom. The second-order valence-electron chi connectivity index (χ2n) is 1.53. The summed E-state index contributed by atoms with van der Waals surface area (Å²) in [4.78, 5) is 10.2. The highest BCUT2D eigenvalue weighted by atomic mass is 35.5. The molecular weight excluding hydrogens is 124 g/mol. The SMILES string of the molecule is C=C(C)C(=C)C(=O)Cl.